The first-order valence-electron chi connectivity index (χ1n) is 6.10. The first kappa shape index (κ1) is 15.6. The Morgan fingerprint density at radius 2 is 1.69 bits per heavy atom. The van der Waals surface area contributed by atoms with Gasteiger partial charge >= 0.3 is 0 Å². The molecule has 0 aliphatic rings. The zero-order valence-corrected chi connectivity index (χ0v) is 11.7. The topological polar surface area (TPSA) is 55.1 Å². The van der Waals surface area contributed by atoms with E-state index in [0.29, 0.717) is 6.54 Å². The second-order valence-corrected chi connectivity index (χ2v) is 6.49. The van der Waals surface area contributed by atoms with Gasteiger partial charge in [-0.2, -0.15) is 0 Å². The van der Waals surface area contributed by atoms with Crippen LogP contribution in [-0.2, 0) is 4.79 Å². The van der Waals surface area contributed by atoms with Gasteiger partial charge in [0.25, 0.3) is 0 Å². The predicted octanol–water partition coefficient (Wildman–Crippen LogP) is 2.10. The smallest absolute Gasteiger partial charge is 0.155 e. The molecule has 0 rings (SSSR count). The average Bonchev–Trinajstić information content (AvgIpc) is 2.07. The lowest BCUT2D eigenvalue weighted by atomic mass is 9.84. The normalized spacial score (nSPS) is 14.9. The first-order chi connectivity index (χ1) is 7.08. The van der Waals surface area contributed by atoms with Crippen molar-refractivity contribution < 1.29 is 4.79 Å². The Kier molecular flexibility index (Phi) is 5.63. The number of nitrogens with one attached hydrogen (secondary N) is 1. The summed E-state index contributed by atoms with van der Waals surface area (Å²) in [5.74, 6) is 0.274. The van der Waals surface area contributed by atoms with Crippen LogP contribution in [0.3, 0.4) is 0 Å². The van der Waals surface area contributed by atoms with Gasteiger partial charge in [0.05, 0.1) is 6.04 Å². The Labute approximate surface area is 100 Å². The summed E-state index contributed by atoms with van der Waals surface area (Å²) in [6, 6.07) is -0.0800. The van der Waals surface area contributed by atoms with Crippen molar-refractivity contribution in [1.29, 1.82) is 0 Å². The van der Waals surface area contributed by atoms with E-state index in [9.17, 15) is 4.79 Å². The molecule has 0 heterocycles. The van der Waals surface area contributed by atoms with Crippen molar-refractivity contribution in [2.45, 2.75) is 66.0 Å². The fourth-order valence-corrected chi connectivity index (χ4v) is 1.64. The molecular weight excluding hydrogens is 200 g/mol. The summed E-state index contributed by atoms with van der Waals surface area (Å²) in [6.07, 6.45) is 1.71. The second kappa shape index (κ2) is 5.78. The van der Waals surface area contributed by atoms with E-state index in [2.05, 4.69) is 26.1 Å². The van der Waals surface area contributed by atoms with Gasteiger partial charge in [0.15, 0.2) is 5.78 Å². The molecule has 3 N–H and O–H groups in total. The Hall–Kier alpha value is -0.410. The Morgan fingerprint density at radius 1 is 1.19 bits per heavy atom. The summed E-state index contributed by atoms with van der Waals surface area (Å²) in [7, 11) is 0. The van der Waals surface area contributed by atoms with Crippen LogP contribution in [0, 0.1) is 5.41 Å². The lowest BCUT2D eigenvalue weighted by molar-refractivity contribution is -0.129. The van der Waals surface area contributed by atoms with Gasteiger partial charge in [-0.05, 0) is 40.2 Å². The van der Waals surface area contributed by atoms with Gasteiger partial charge in [0.2, 0.25) is 0 Å². The summed E-state index contributed by atoms with van der Waals surface area (Å²) >= 11 is 0. The second-order valence-electron chi connectivity index (χ2n) is 6.49. The highest BCUT2D eigenvalue weighted by Gasteiger charge is 2.31. The molecule has 0 unspecified atom stereocenters. The molecule has 96 valence electrons. The van der Waals surface area contributed by atoms with Gasteiger partial charge in [-0.3, -0.25) is 4.79 Å². The van der Waals surface area contributed by atoms with Crippen molar-refractivity contribution in [3.8, 4) is 0 Å². The van der Waals surface area contributed by atoms with Crippen molar-refractivity contribution in [1.82, 2.24) is 5.32 Å². The monoisotopic (exact) mass is 228 g/mol. The van der Waals surface area contributed by atoms with Crippen LogP contribution in [0.25, 0.3) is 0 Å². The van der Waals surface area contributed by atoms with Gasteiger partial charge in [0, 0.05) is 11.0 Å². The molecule has 16 heavy (non-hydrogen) atoms. The van der Waals surface area contributed by atoms with Crippen molar-refractivity contribution in [3.05, 3.63) is 0 Å². The molecule has 0 bridgehead atoms. The lowest BCUT2D eigenvalue weighted by Gasteiger charge is -2.31. The number of carbonyl (C=O) groups excluding carboxylic acids is 1. The van der Waals surface area contributed by atoms with Gasteiger partial charge in [-0.25, -0.2) is 0 Å². The number of Topliss-reactive ketones (excluding diaryl/α,β-unsaturated/α-hetero) is 1. The molecule has 0 saturated heterocycles. The maximum atomic E-state index is 12.2. The Balaban J connectivity index is 4.61. The number of carbonyl (C=O) groups is 1. The predicted molar refractivity (Wildman–Crippen MR) is 69.4 cm³/mol. The average molecular weight is 228 g/mol. The number of hydrogen-bond acceptors (Lipinski definition) is 3. The third-order valence-corrected chi connectivity index (χ3v) is 2.36. The highest BCUT2D eigenvalue weighted by Crippen LogP contribution is 2.20. The van der Waals surface area contributed by atoms with E-state index in [1.165, 1.54) is 0 Å². The maximum absolute atomic E-state index is 12.2. The Bertz CT molecular complexity index is 223. The van der Waals surface area contributed by atoms with Crippen LogP contribution >= 0.6 is 0 Å². The lowest BCUT2D eigenvalue weighted by Crippen LogP contribution is -2.50. The molecular formula is C13H28N2O. The number of hydrogen-bond donors (Lipinski definition) is 2. The van der Waals surface area contributed by atoms with Crippen LogP contribution in [0.1, 0.15) is 54.4 Å². The largest absolute Gasteiger partial charge is 0.330 e. The summed E-state index contributed by atoms with van der Waals surface area (Å²) in [6.45, 7) is 12.8. The molecule has 0 amide bonds. The standard InChI is InChI=1S/C13H28N2O/c1-12(2,3)11(16)10(8-7-9-14)15-13(4,5)6/h10,15H,7-9,14H2,1-6H3/t10-/m1/s1. The number of ketones is 1. The zero-order valence-electron chi connectivity index (χ0n) is 11.7. The fraction of sp³-hybridized carbons (Fsp3) is 0.923. The SMILES string of the molecule is CC(C)(C)N[C@H](CCCN)C(=O)C(C)(C)C. The van der Waals surface area contributed by atoms with Gasteiger partial charge in [-0.15, -0.1) is 0 Å². The molecule has 0 aromatic rings. The summed E-state index contributed by atoms with van der Waals surface area (Å²) in [5.41, 5.74) is 5.18. The molecule has 0 aliphatic heterocycles. The fourth-order valence-electron chi connectivity index (χ4n) is 1.64. The molecule has 3 heteroatoms. The van der Waals surface area contributed by atoms with Crippen LogP contribution in [-0.4, -0.2) is 23.9 Å². The van der Waals surface area contributed by atoms with E-state index in [0.717, 1.165) is 12.8 Å². The van der Waals surface area contributed by atoms with Crippen LogP contribution in [0.5, 0.6) is 0 Å². The van der Waals surface area contributed by atoms with Crippen molar-refractivity contribution in [3.63, 3.8) is 0 Å². The third-order valence-electron chi connectivity index (χ3n) is 2.36. The zero-order chi connectivity index (χ0) is 13.0. The summed E-state index contributed by atoms with van der Waals surface area (Å²) < 4.78 is 0. The highest BCUT2D eigenvalue weighted by molar-refractivity contribution is 5.88. The minimum atomic E-state index is -0.294. The Morgan fingerprint density at radius 3 is 2.00 bits per heavy atom. The quantitative estimate of drug-likeness (QED) is 0.757. The van der Waals surface area contributed by atoms with Crippen LogP contribution in [0.15, 0.2) is 0 Å². The third kappa shape index (κ3) is 6.23. The molecule has 0 aromatic heterocycles. The van der Waals surface area contributed by atoms with Crippen molar-refractivity contribution >= 4 is 5.78 Å². The molecule has 0 saturated carbocycles. The van der Waals surface area contributed by atoms with Crippen molar-refractivity contribution in [2.75, 3.05) is 6.54 Å². The maximum Gasteiger partial charge on any atom is 0.155 e. The number of rotatable bonds is 5. The van der Waals surface area contributed by atoms with Crippen molar-refractivity contribution in [2.24, 2.45) is 11.1 Å². The molecule has 0 spiro atoms. The van der Waals surface area contributed by atoms with E-state index in [1.807, 2.05) is 20.8 Å². The highest BCUT2D eigenvalue weighted by atomic mass is 16.1. The van der Waals surface area contributed by atoms with Crippen LogP contribution in [0.4, 0.5) is 0 Å². The molecule has 0 radical (unpaired) electrons. The van der Waals surface area contributed by atoms with E-state index >= 15 is 0 Å². The van der Waals surface area contributed by atoms with Crippen LogP contribution < -0.4 is 11.1 Å². The van der Waals surface area contributed by atoms with E-state index in [1.54, 1.807) is 0 Å². The van der Waals surface area contributed by atoms with E-state index < -0.39 is 0 Å². The first-order valence-corrected chi connectivity index (χ1v) is 6.10. The van der Waals surface area contributed by atoms with E-state index in [-0.39, 0.29) is 22.8 Å². The minimum Gasteiger partial charge on any atom is -0.330 e. The molecule has 0 fully saturated rings. The van der Waals surface area contributed by atoms with E-state index in [4.69, 9.17) is 5.73 Å². The molecule has 0 aromatic carbocycles. The molecule has 0 aliphatic carbocycles. The minimum absolute atomic E-state index is 0.0415. The van der Waals surface area contributed by atoms with Gasteiger partial charge in [0.1, 0.15) is 0 Å². The van der Waals surface area contributed by atoms with Gasteiger partial charge in [-0.1, -0.05) is 20.8 Å². The number of nitrogens with two attached hydrogens (primary N) is 1. The summed E-state index contributed by atoms with van der Waals surface area (Å²) in [4.78, 5) is 12.2. The molecule has 1 atom stereocenters. The summed E-state index contributed by atoms with van der Waals surface area (Å²) in [5, 5.41) is 3.39. The molecule has 3 nitrogen and oxygen atoms in total. The van der Waals surface area contributed by atoms with Crippen LogP contribution in [0.2, 0.25) is 0 Å². The van der Waals surface area contributed by atoms with Gasteiger partial charge < -0.3 is 11.1 Å².